The van der Waals surface area contributed by atoms with Gasteiger partial charge in [-0.1, -0.05) is 53.7 Å². The van der Waals surface area contributed by atoms with E-state index in [0.29, 0.717) is 22.6 Å². The van der Waals surface area contributed by atoms with Crippen LogP contribution >= 0.6 is 0 Å². The number of likely N-dealkylation sites (N-methyl/N-ethyl adjacent to an activating group) is 1. The van der Waals surface area contributed by atoms with Gasteiger partial charge in [0.25, 0.3) is 0 Å². The van der Waals surface area contributed by atoms with Crippen LogP contribution in [0.4, 0.5) is 21.9 Å². The Labute approximate surface area is 197 Å². The summed E-state index contributed by atoms with van der Waals surface area (Å²) in [5.74, 6) is -0.729. The molecule has 3 N–H and O–H groups in total. The summed E-state index contributed by atoms with van der Waals surface area (Å²) >= 11 is 0. The van der Waals surface area contributed by atoms with Crippen LogP contribution in [0.1, 0.15) is 5.56 Å². The number of urea groups is 1. The van der Waals surface area contributed by atoms with Gasteiger partial charge in [0.05, 0.1) is 12.8 Å². The zero-order valence-corrected chi connectivity index (χ0v) is 18.6. The minimum absolute atomic E-state index is 0.194. The molecule has 0 aromatic heterocycles. The van der Waals surface area contributed by atoms with Crippen molar-refractivity contribution in [2.45, 2.75) is 0 Å². The second kappa shape index (κ2) is 11.8. The lowest BCUT2D eigenvalue weighted by molar-refractivity contribution is -0.121. The molecule has 0 aliphatic carbocycles. The third-order valence-electron chi connectivity index (χ3n) is 4.93. The minimum Gasteiger partial charge on any atom is -0.411 e. The Morgan fingerprint density at radius 2 is 1.53 bits per heavy atom. The van der Waals surface area contributed by atoms with Crippen LogP contribution in [0.3, 0.4) is 0 Å². The molecule has 0 saturated carbocycles. The Balaban J connectivity index is 1.65. The summed E-state index contributed by atoms with van der Waals surface area (Å²) in [5.41, 5.74) is 2.30. The molecule has 0 spiro atoms. The highest BCUT2D eigenvalue weighted by atomic mass is 16.4. The highest BCUT2D eigenvalue weighted by Crippen LogP contribution is 2.16. The molecule has 0 unspecified atom stereocenters. The highest BCUT2D eigenvalue weighted by Gasteiger charge is 2.22. The molecule has 0 saturated heterocycles. The molecule has 0 aliphatic heterocycles. The fourth-order valence-corrected chi connectivity index (χ4v) is 3.16. The molecule has 9 nitrogen and oxygen atoms in total. The largest absolute Gasteiger partial charge is 0.411 e. The van der Waals surface area contributed by atoms with Crippen LogP contribution in [0, 0.1) is 0 Å². The van der Waals surface area contributed by atoms with E-state index in [1.165, 1.54) is 16.0 Å². The first kappa shape index (κ1) is 24.0. The van der Waals surface area contributed by atoms with E-state index in [4.69, 9.17) is 5.21 Å². The summed E-state index contributed by atoms with van der Waals surface area (Å²) in [6.45, 7) is -0.513. The van der Waals surface area contributed by atoms with Gasteiger partial charge in [0, 0.05) is 24.1 Å². The molecule has 0 fully saturated rings. The average Bonchev–Trinajstić information content (AvgIpc) is 2.86. The van der Waals surface area contributed by atoms with Crippen molar-refractivity contribution in [2.24, 2.45) is 5.16 Å². The van der Waals surface area contributed by atoms with E-state index in [1.807, 2.05) is 24.3 Å². The van der Waals surface area contributed by atoms with Gasteiger partial charge in [-0.3, -0.25) is 9.59 Å². The fourth-order valence-electron chi connectivity index (χ4n) is 3.16. The van der Waals surface area contributed by atoms with Gasteiger partial charge in [-0.05, 0) is 42.0 Å². The van der Waals surface area contributed by atoms with E-state index in [1.54, 1.807) is 67.7 Å². The molecule has 0 bridgehead atoms. The van der Waals surface area contributed by atoms with Crippen LogP contribution in [0.5, 0.6) is 0 Å². The second-order valence-electron chi connectivity index (χ2n) is 7.28. The zero-order chi connectivity index (χ0) is 24.3. The normalized spacial score (nSPS) is 10.5. The molecule has 34 heavy (non-hydrogen) atoms. The first-order valence-corrected chi connectivity index (χ1v) is 10.5. The number of para-hydroxylation sites is 2. The van der Waals surface area contributed by atoms with Crippen LogP contribution in [-0.4, -0.2) is 49.4 Å². The van der Waals surface area contributed by atoms with Crippen LogP contribution in [0.15, 0.2) is 90.1 Å². The Kier molecular flexibility index (Phi) is 8.34. The van der Waals surface area contributed by atoms with Gasteiger partial charge in [-0.15, -0.1) is 0 Å². The van der Waals surface area contributed by atoms with Crippen molar-refractivity contribution in [2.75, 3.05) is 35.3 Å². The van der Waals surface area contributed by atoms with Crippen LogP contribution in [0.2, 0.25) is 0 Å². The number of anilines is 3. The van der Waals surface area contributed by atoms with Gasteiger partial charge in [0.15, 0.2) is 0 Å². The zero-order valence-electron chi connectivity index (χ0n) is 18.6. The summed E-state index contributed by atoms with van der Waals surface area (Å²) in [6, 6.07) is 24.0. The Morgan fingerprint density at radius 1 is 0.882 bits per heavy atom. The molecule has 3 aromatic carbocycles. The predicted molar refractivity (Wildman–Crippen MR) is 131 cm³/mol. The number of nitrogens with zero attached hydrogens (tertiary/aromatic N) is 3. The number of nitrogens with one attached hydrogen (secondary N) is 2. The van der Waals surface area contributed by atoms with E-state index in [0.717, 1.165) is 0 Å². The van der Waals surface area contributed by atoms with Gasteiger partial charge >= 0.3 is 6.03 Å². The summed E-state index contributed by atoms with van der Waals surface area (Å²) in [5, 5.41) is 16.7. The van der Waals surface area contributed by atoms with E-state index in [-0.39, 0.29) is 19.0 Å². The topological polar surface area (TPSA) is 114 Å². The van der Waals surface area contributed by atoms with E-state index >= 15 is 0 Å². The summed E-state index contributed by atoms with van der Waals surface area (Å²) in [4.78, 5) is 41.0. The second-order valence-corrected chi connectivity index (χ2v) is 7.28. The molecule has 0 radical (unpaired) electrons. The lowest BCUT2D eigenvalue weighted by Gasteiger charge is -2.25. The van der Waals surface area contributed by atoms with Crippen molar-refractivity contribution in [1.29, 1.82) is 0 Å². The monoisotopic (exact) mass is 459 g/mol. The van der Waals surface area contributed by atoms with Crippen molar-refractivity contribution in [3.8, 4) is 0 Å². The molecule has 4 amide bonds. The lowest BCUT2D eigenvalue weighted by atomic mass is 10.2. The van der Waals surface area contributed by atoms with Crippen LogP contribution < -0.4 is 20.4 Å². The Bertz CT molecular complexity index is 1150. The van der Waals surface area contributed by atoms with Crippen LogP contribution in [0.25, 0.3) is 0 Å². The van der Waals surface area contributed by atoms with E-state index < -0.39 is 11.9 Å². The predicted octanol–water partition coefficient (Wildman–Crippen LogP) is 3.31. The highest BCUT2D eigenvalue weighted by molar-refractivity contribution is 6.05. The number of rotatable bonds is 8. The molecule has 9 heteroatoms. The maximum atomic E-state index is 13.0. The van der Waals surface area contributed by atoms with Gasteiger partial charge in [-0.25, -0.2) is 4.79 Å². The first-order valence-electron chi connectivity index (χ1n) is 10.5. The molecule has 0 atom stereocenters. The number of hydrogen-bond donors (Lipinski definition) is 3. The summed E-state index contributed by atoms with van der Waals surface area (Å²) < 4.78 is 0. The molecule has 0 aliphatic rings. The van der Waals surface area contributed by atoms with Gasteiger partial charge in [0.2, 0.25) is 11.8 Å². The van der Waals surface area contributed by atoms with Crippen molar-refractivity contribution in [3.63, 3.8) is 0 Å². The molecule has 3 aromatic rings. The van der Waals surface area contributed by atoms with Crippen molar-refractivity contribution in [3.05, 3.63) is 90.5 Å². The van der Waals surface area contributed by atoms with E-state index in [2.05, 4.69) is 15.8 Å². The van der Waals surface area contributed by atoms with Gasteiger partial charge < -0.3 is 25.6 Å². The Hall–Kier alpha value is -4.66. The lowest BCUT2D eigenvalue weighted by Crippen LogP contribution is -2.46. The average molecular weight is 460 g/mol. The quantitative estimate of drug-likeness (QED) is 0.272. The van der Waals surface area contributed by atoms with Gasteiger partial charge in [-0.2, -0.15) is 0 Å². The first-order chi connectivity index (χ1) is 16.5. The molecular formula is C25H25N5O4. The minimum atomic E-state index is -0.591. The van der Waals surface area contributed by atoms with Crippen molar-refractivity contribution < 1.29 is 19.6 Å². The third-order valence-corrected chi connectivity index (χ3v) is 4.93. The number of carbonyl (C=O) groups is 3. The number of amides is 4. The maximum absolute atomic E-state index is 13.0. The van der Waals surface area contributed by atoms with E-state index in [9.17, 15) is 14.4 Å². The maximum Gasteiger partial charge on any atom is 0.319 e. The summed E-state index contributed by atoms with van der Waals surface area (Å²) in [7, 11) is 1.65. The number of carbonyl (C=O) groups excluding carboxylic acids is 3. The number of hydrogen-bond acceptors (Lipinski definition) is 5. The fraction of sp³-hybridized carbons (Fsp3) is 0.120. The number of benzene rings is 3. The molecule has 174 valence electrons. The smallest absolute Gasteiger partial charge is 0.319 e. The molecular weight excluding hydrogens is 434 g/mol. The van der Waals surface area contributed by atoms with Crippen molar-refractivity contribution in [1.82, 2.24) is 5.32 Å². The summed E-state index contributed by atoms with van der Waals surface area (Å²) in [6.07, 6.45) is 1.23. The molecule has 0 heterocycles. The van der Waals surface area contributed by atoms with Gasteiger partial charge in [0.1, 0.15) is 6.54 Å². The third kappa shape index (κ3) is 6.67. The standard InChI is InChI=1S/C25H25N5O4/c1-29(21-11-4-2-5-12-21)24(32)18-30(22-13-6-3-7-14-22)23(31)17-26-25(33)28-20-10-8-9-19(15-20)16-27-34/h2-16,34H,17-18H2,1H3,(H2,26,28,33)/b27-16+. The number of oxime groups is 1. The molecule has 3 rings (SSSR count). The SMILES string of the molecule is CN(C(=O)CN(C(=O)CNC(=O)Nc1cccc(/C=N/O)c1)c1ccccc1)c1ccccc1. The van der Waals surface area contributed by atoms with Crippen LogP contribution in [-0.2, 0) is 9.59 Å². The Morgan fingerprint density at radius 3 is 2.18 bits per heavy atom. The van der Waals surface area contributed by atoms with Crippen molar-refractivity contribution >= 4 is 41.1 Å².